The van der Waals surface area contributed by atoms with Crippen LogP contribution in [0, 0.1) is 23.7 Å². The first kappa shape index (κ1) is 19.5. The molecule has 0 aliphatic heterocycles. The third kappa shape index (κ3) is 3.82. The molecule has 0 saturated heterocycles. The Hall–Kier alpha value is -1.51. The highest BCUT2D eigenvalue weighted by atomic mass is 16.5. The van der Waals surface area contributed by atoms with Gasteiger partial charge in [0.2, 0.25) is 5.91 Å². The Bertz CT molecular complexity index is 683. The Kier molecular flexibility index (Phi) is 5.34. The minimum Gasteiger partial charge on any atom is -0.494 e. The summed E-state index contributed by atoms with van der Waals surface area (Å²) in [5.74, 6) is 4.26. The van der Waals surface area contributed by atoms with Crippen molar-refractivity contribution in [1.82, 2.24) is 4.90 Å². The summed E-state index contributed by atoms with van der Waals surface area (Å²) in [6.45, 7) is 3.50. The predicted molar refractivity (Wildman–Crippen MR) is 116 cm³/mol. The summed E-state index contributed by atoms with van der Waals surface area (Å²) in [6, 6.07) is 8.49. The van der Waals surface area contributed by atoms with Crippen molar-refractivity contribution in [3.05, 3.63) is 29.8 Å². The average molecular weight is 396 g/mol. The molecule has 158 valence electrons. The van der Waals surface area contributed by atoms with E-state index in [9.17, 15) is 4.79 Å². The van der Waals surface area contributed by atoms with Crippen molar-refractivity contribution in [2.45, 2.75) is 89.6 Å². The second kappa shape index (κ2) is 7.96. The van der Waals surface area contributed by atoms with Crippen LogP contribution in [0.3, 0.4) is 0 Å². The fourth-order valence-corrected chi connectivity index (χ4v) is 7.49. The summed E-state index contributed by atoms with van der Waals surface area (Å²) in [4.78, 5) is 16.3. The Balaban J connectivity index is 1.42. The lowest BCUT2D eigenvalue weighted by atomic mass is 9.52. The van der Waals surface area contributed by atoms with Crippen LogP contribution in [0.5, 0.6) is 5.75 Å². The molecule has 0 unspecified atom stereocenters. The van der Waals surface area contributed by atoms with Gasteiger partial charge in [-0.1, -0.05) is 31.4 Å². The first-order valence-corrected chi connectivity index (χ1v) is 12.2. The Labute approximate surface area is 176 Å². The van der Waals surface area contributed by atoms with Gasteiger partial charge in [0.15, 0.2) is 0 Å². The van der Waals surface area contributed by atoms with Gasteiger partial charge in [-0.3, -0.25) is 4.79 Å². The van der Waals surface area contributed by atoms with Gasteiger partial charge >= 0.3 is 0 Å². The normalized spacial score (nSPS) is 33.6. The van der Waals surface area contributed by atoms with E-state index in [1.54, 1.807) is 0 Å². The van der Waals surface area contributed by atoms with Gasteiger partial charge in [-0.15, -0.1) is 0 Å². The van der Waals surface area contributed by atoms with E-state index in [4.69, 9.17) is 4.74 Å². The van der Waals surface area contributed by atoms with Gasteiger partial charge in [0, 0.05) is 18.0 Å². The number of amides is 1. The van der Waals surface area contributed by atoms with E-state index in [0.29, 0.717) is 12.5 Å². The van der Waals surface area contributed by atoms with Crippen molar-refractivity contribution >= 4 is 5.91 Å². The number of hydrogen-bond donors (Lipinski definition) is 0. The van der Waals surface area contributed by atoms with Gasteiger partial charge in [0.05, 0.1) is 6.61 Å². The zero-order chi connectivity index (χ0) is 19.8. The summed E-state index contributed by atoms with van der Waals surface area (Å²) in [7, 11) is 0. The quantitative estimate of drug-likeness (QED) is 0.594. The van der Waals surface area contributed by atoms with E-state index in [1.807, 2.05) is 6.92 Å². The van der Waals surface area contributed by atoms with E-state index in [-0.39, 0.29) is 11.5 Å². The van der Waals surface area contributed by atoms with E-state index in [0.717, 1.165) is 42.9 Å². The summed E-state index contributed by atoms with van der Waals surface area (Å²) < 4.78 is 5.63. The predicted octanol–water partition coefficient (Wildman–Crippen LogP) is 5.96. The zero-order valence-electron chi connectivity index (χ0n) is 18.1. The molecule has 1 aromatic carbocycles. The summed E-state index contributed by atoms with van der Waals surface area (Å²) in [6.07, 6.45) is 14.0. The summed E-state index contributed by atoms with van der Waals surface area (Å²) in [5.41, 5.74) is 1.40. The SMILES string of the molecule is CCOc1ccc(CN(C(=O)C2CCCCC2)C23CC4CC(CC(C4)C2)C3)cc1. The van der Waals surface area contributed by atoms with Crippen LogP contribution < -0.4 is 4.74 Å². The van der Waals surface area contributed by atoms with Gasteiger partial charge in [0.25, 0.3) is 0 Å². The molecular formula is C26H37NO2. The van der Waals surface area contributed by atoms with Gasteiger partial charge in [-0.2, -0.15) is 0 Å². The smallest absolute Gasteiger partial charge is 0.226 e. The monoisotopic (exact) mass is 395 g/mol. The standard InChI is InChI=1S/C26H37NO2/c1-2-29-24-10-8-19(9-11-24)18-27(25(28)23-6-4-3-5-7-23)26-15-20-12-21(16-26)14-22(13-20)17-26/h8-11,20-23H,2-7,12-18H2,1H3. The van der Waals surface area contributed by atoms with Gasteiger partial charge in [0.1, 0.15) is 5.75 Å². The lowest BCUT2D eigenvalue weighted by molar-refractivity contribution is -0.157. The third-order valence-corrected chi connectivity index (χ3v) is 8.37. The molecule has 1 amide bonds. The maximum absolute atomic E-state index is 13.9. The molecule has 0 N–H and O–H groups in total. The molecule has 5 aliphatic rings. The molecular weight excluding hydrogens is 358 g/mol. The van der Waals surface area contributed by atoms with Crippen molar-refractivity contribution in [3.8, 4) is 5.75 Å². The van der Waals surface area contributed by atoms with Gasteiger partial charge < -0.3 is 9.64 Å². The molecule has 4 bridgehead atoms. The van der Waals surface area contributed by atoms with E-state index in [2.05, 4.69) is 29.2 Å². The fraction of sp³-hybridized carbons (Fsp3) is 0.731. The Morgan fingerprint density at radius 2 is 1.55 bits per heavy atom. The molecule has 3 heteroatoms. The van der Waals surface area contributed by atoms with E-state index in [1.165, 1.54) is 63.4 Å². The van der Waals surface area contributed by atoms with E-state index < -0.39 is 0 Å². The second-order valence-electron chi connectivity index (χ2n) is 10.5. The van der Waals surface area contributed by atoms with Crippen molar-refractivity contribution in [2.24, 2.45) is 23.7 Å². The minimum absolute atomic E-state index is 0.141. The highest BCUT2D eigenvalue weighted by Crippen LogP contribution is 2.58. The van der Waals surface area contributed by atoms with Gasteiger partial charge in [-0.05, 0) is 93.7 Å². The summed E-state index contributed by atoms with van der Waals surface area (Å²) >= 11 is 0. The molecule has 5 saturated carbocycles. The Morgan fingerprint density at radius 1 is 0.966 bits per heavy atom. The molecule has 6 rings (SSSR count). The van der Waals surface area contributed by atoms with Crippen molar-refractivity contribution in [2.75, 3.05) is 6.61 Å². The van der Waals surface area contributed by atoms with Crippen molar-refractivity contribution < 1.29 is 9.53 Å². The molecule has 5 aliphatic carbocycles. The summed E-state index contributed by atoms with van der Waals surface area (Å²) in [5, 5.41) is 0. The first-order chi connectivity index (χ1) is 14.1. The first-order valence-electron chi connectivity index (χ1n) is 12.2. The largest absolute Gasteiger partial charge is 0.494 e. The number of benzene rings is 1. The highest BCUT2D eigenvalue weighted by molar-refractivity contribution is 5.80. The van der Waals surface area contributed by atoms with Gasteiger partial charge in [-0.25, -0.2) is 0 Å². The van der Waals surface area contributed by atoms with E-state index >= 15 is 0 Å². The number of rotatable bonds is 6. The maximum Gasteiger partial charge on any atom is 0.226 e. The van der Waals surface area contributed by atoms with Crippen LogP contribution >= 0.6 is 0 Å². The average Bonchev–Trinajstić information content (AvgIpc) is 2.72. The second-order valence-corrected chi connectivity index (χ2v) is 10.5. The maximum atomic E-state index is 13.9. The zero-order valence-corrected chi connectivity index (χ0v) is 18.1. The third-order valence-electron chi connectivity index (χ3n) is 8.37. The molecule has 0 radical (unpaired) electrons. The molecule has 0 aromatic heterocycles. The van der Waals surface area contributed by atoms with Crippen LogP contribution in [0.25, 0.3) is 0 Å². The number of hydrogen-bond acceptors (Lipinski definition) is 2. The minimum atomic E-state index is 0.141. The molecule has 0 atom stereocenters. The Morgan fingerprint density at radius 3 is 2.10 bits per heavy atom. The van der Waals surface area contributed by atoms with Crippen LogP contribution in [-0.4, -0.2) is 23.0 Å². The van der Waals surface area contributed by atoms with Crippen LogP contribution in [0.2, 0.25) is 0 Å². The molecule has 0 spiro atoms. The molecule has 5 fully saturated rings. The topological polar surface area (TPSA) is 29.5 Å². The highest BCUT2D eigenvalue weighted by Gasteiger charge is 2.55. The molecule has 0 heterocycles. The molecule has 1 aromatic rings. The lowest BCUT2D eigenvalue weighted by Gasteiger charge is -2.61. The number of carbonyl (C=O) groups excluding carboxylic acids is 1. The lowest BCUT2D eigenvalue weighted by Crippen LogP contribution is -2.62. The van der Waals surface area contributed by atoms with Crippen LogP contribution in [0.15, 0.2) is 24.3 Å². The van der Waals surface area contributed by atoms with Crippen LogP contribution in [-0.2, 0) is 11.3 Å². The van der Waals surface area contributed by atoms with Crippen molar-refractivity contribution in [1.29, 1.82) is 0 Å². The number of ether oxygens (including phenoxy) is 1. The number of carbonyl (C=O) groups is 1. The number of nitrogens with zero attached hydrogens (tertiary/aromatic N) is 1. The molecule has 3 nitrogen and oxygen atoms in total. The van der Waals surface area contributed by atoms with Crippen LogP contribution in [0.4, 0.5) is 0 Å². The molecule has 29 heavy (non-hydrogen) atoms. The van der Waals surface area contributed by atoms with Crippen molar-refractivity contribution in [3.63, 3.8) is 0 Å². The van der Waals surface area contributed by atoms with Crippen LogP contribution in [0.1, 0.15) is 83.1 Å². The fourth-order valence-electron chi connectivity index (χ4n) is 7.49.